The van der Waals surface area contributed by atoms with Crippen molar-refractivity contribution in [1.82, 2.24) is 19.7 Å². The molecule has 1 aliphatic rings. The van der Waals surface area contributed by atoms with Gasteiger partial charge in [-0.1, -0.05) is 24.3 Å². The van der Waals surface area contributed by atoms with Gasteiger partial charge < -0.3 is 15.1 Å². The van der Waals surface area contributed by atoms with E-state index in [1.165, 1.54) is 17.8 Å². The van der Waals surface area contributed by atoms with Crippen LogP contribution in [0.2, 0.25) is 0 Å². The number of aromatic nitrogens is 3. The lowest BCUT2D eigenvalue weighted by molar-refractivity contribution is -0.137. The Bertz CT molecular complexity index is 1790. The summed E-state index contributed by atoms with van der Waals surface area (Å²) in [6.45, 7) is 6.06. The van der Waals surface area contributed by atoms with Crippen molar-refractivity contribution in [3.63, 3.8) is 0 Å². The molecule has 44 heavy (non-hydrogen) atoms. The summed E-state index contributed by atoms with van der Waals surface area (Å²) in [5.74, 6) is -0.633. The minimum Gasteiger partial charge on any atom is -0.369 e. The molecule has 0 radical (unpaired) electrons. The van der Waals surface area contributed by atoms with Crippen molar-refractivity contribution in [3.05, 3.63) is 114 Å². The molecular weight excluding hydrogens is 565 g/mol. The summed E-state index contributed by atoms with van der Waals surface area (Å²) in [5.41, 5.74) is 6.18. The van der Waals surface area contributed by atoms with Crippen LogP contribution in [0, 0.1) is 6.92 Å². The molecule has 5 aromatic rings. The molecule has 1 amide bonds. The van der Waals surface area contributed by atoms with Crippen LogP contribution in [0.1, 0.15) is 21.5 Å². The zero-order valence-electron chi connectivity index (χ0n) is 24.3. The summed E-state index contributed by atoms with van der Waals surface area (Å²) in [4.78, 5) is 22.0. The Morgan fingerprint density at radius 3 is 2.27 bits per heavy atom. The lowest BCUT2D eigenvalue weighted by atomic mass is 10.0. The molecule has 0 saturated carbocycles. The number of pyridine rings is 1. The average molecular weight is 597 g/mol. The third-order valence-corrected chi connectivity index (χ3v) is 7.89. The fraction of sp³-hybridized carbons (Fsp3) is 0.206. The fourth-order valence-electron chi connectivity index (χ4n) is 5.26. The monoisotopic (exact) mass is 596 g/mol. The number of aryl methyl sites for hydroxylation is 1. The van der Waals surface area contributed by atoms with Gasteiger partial charge in [-0.15, -0.1) is 0 Å². The summed E-state index contributed by atoms with van der Waals surface area (Å²) in [7, 11) is 2.15. The Morgan fingerprint density at radius 2 is 1.55 bits per heavy atom. The first-order valence-corrected chi connectivity index (χ1v) is 14.3. The smallest absolute Gasteiger partial charge is 0.369 e. The van der Waals surface area contributed by atoms with E-state index < -0.39 is 17.6 Å². The minimum absolute atomic E-state index is 0.0790. The Morgan fingerprint density at radius 1 is 0.818 bits per heavy atom. The molecule has 1 fully saturated rings. The van der Waals surface area contributed by atoms with Gasteiger partial charge in [0, 0.05) is 78.4 Å². The highest BCUT2D eigenvalue weighted by Crippen LogP contribution is 2.31. The van der Waals surface area contributed by atoms with Gasteiger partial charge in [-0.05, 0) is 73.6 Å². The van der Waals surface area contributed by atoms with Gasteiger partial charge in [-0.25, -0.2) is 4.68 Å². The highest BCUT2D eigenvalue weighted by molar-refractivity contribution is 6.04. The van der Waals surface area contributed by atoms with Gasteiger partial charge in [0.05, 0.1) is 17.4 Å². The van der Waals surface area contributed by atoms with E-state index in [4.69, 9.17) is 0 Å². The van der Waals surface area contributed by atoms with Crippen LogP contribution in [0.3, 0.4) is 0 Å². The Labute approximate surface area is 253 Å². The summed E-state index contributed by atoms with van der Waals surface area (Å²) in [6.07, 6.45) is 2.75. The molecule has 0 atom stereocenters. The van der Waals surface area contributed by atoms with Gasteiger partial charge in [0.25, 0.3) is 5.91 Å². The van der Waals surface area contributed by atoms with E-state index in [0.29, 0.717) is 5.69 Å². The number of nitrogens with one attached hydrogen (secondary N) is 1. The summed E-state index contributed by atoms with van der Waals surface area (Å²) in [5, 5.41) is 7.26. The normalized spacial score (nSPS) is 14.1. The maximum atomic E-state index is 13.1. The number of rotatable bonds is 6. The predicted octanol–water partition coefficient (Wildman–Crippen LogP) is 6.93. The number of likely N-dealkylation sites (N-methyl/N-ethyl adjacent to an activating group) is 1. The van der Waals surface area contributed by atoms with Crippen LogP contribution in [0.25, 0.3) is 27.9 Å². The number of alkyl halides is 3. The standard InChI is InChI=1S/C34H31F3N6O/c1-23-6-9-30(40-33(44)25-4-3-5-29(17-25)34(35,36)37)18-32(23)43-22-28(21-39-43)27-16-26(19-38-20-27)24-7-10-31(11-8-24)42-14-12-41(2)13-15-42/h3-11,16-22H,12-15H2,1-2H3,(H,40,44). The van der Waals surface area contributed by atoms with E-state index in [9.17, 15) is 18.0 Å². The quantitative estimate of drug-likeness (QED) is 0.230. The van der Waals surface area contributed by atoms with Gasteiger partial charge in [0.2, 0.25) is 0 Å². The number of halogens is 3. The Hall–Kier alpha value is -4.96. The van der Waals surface area contributed by atoms with Gasteiger partial charge >= 0.3 is 6.18 Å². The number of nitrogens with zero attached hydrogens (tertiary/aromatic N) is 5. The van der Waals surface area contributed by atoms with Gasteiger partial charge in [-0.2, -0.15) is 18.3 Å². The Kier molecular flexibility index (Phi) is 7.92. The lowest BCUT2D eigenvalue weighted by Crippen LogP contribution is -2.44. The SMILES string of the molecule is Cc1ccc(NC(=O)c2cccc(C(F)(F)F)c2)cc1-n1cc(-c2cncc(-c3ccc(N4CCN(C)CC4)cc3)c2)cn1. The molecule has 3 aromatic carbocycles. The number of carbonyl (C=O) groups is 1. The molecular formula is C34H31F3N6O. The van der Waals surface area contributed by atoms with Gasteiger partial charge in [0.1, 0.15) is 0 Å². The lowest BCUT2D eigenvalue weighted by Gasteiger charge is -2.34. The largest absolute Gasteiger partial charge is 0.416 e. The molecule has 0 unspecified atom stereocenters. The van der Waals surface area contributed by atoms with Crippen molar-refractivity contribution >= 4 is 17.3 Å². The van der Waals surface area contributed by atoms with Crippen molar-refractivity contribution in [1.29, 1.82) is 0 Å². The van der Waals surface area contributed by atoms with Gasteiger partial charge in [-0.3, -0.25) is 9.78 Å². The van der Waals surface area contributed by atoms with E-state index in [2.05, 4.69) is 62.6 Å². The number of benzene rings is 3. The molecule has 1 saturated heterocycles. The highest BCUT2D eigenvalue weighted by Gasteiger charge is 2.31. The second kappa shape index (κ2) is 12.0. The molecule has 1 aliphatic heterocycles. The van der Waals surface area contributed by atoms with Crippen LogP contribution in [0.15, 0.2) is 97.6 Å². The van der Waals surface area contributed by atoms with Crippen LogP contribution in [-0.4, -0.2) is 58.8 Å². The molecule has 0 aliphatic carbocycles. The average Bonchev–Trinajstić information content (AvgIpc) is 3.52. The molecule has 1 N–H and O–H groups in total. The van der Waals surface area contributed by atoms with Crippen molar-refractivity contribution in [2.45, 2.75) is 13.1 Å². The number of hydrogen-bond donors (Lipinski definition) is 1. The van der Waals surface area contributed by atoms with Crippen LogP contribution in [0.5, 0.6) is 0 Å². The topological polar surface area (TPSA) is 66.3 Å². The first-order chi connectivity index (χ1) is 21.1. The van der Waals surface area contributed by atoms with Crippen molar-refractivity contribution in [2.75, 3.05) is 43.4 Å². The first-order valence-electron chi connectivity index (χ1n) is 14.3. The van der Waals surface area contributed by atoms with Crippen LogP contribution < -0.4 is 10.2 Å². The second-order valence-corrected chi connectivity index (χ2v) is 11.0. The van der Waals surface area contributed by atoms with E-state index in [-0.39, 0.29) is 5.56 Å². The number of carbonyl (C=O) groups excluding carboxylic acids is 1. The number of hydrogen-bond acceptors (Lipinski definition) is 5. The molecule has 0 spiro atoms. The van der Waals surface area contributed by atoms with Crippen LogP contribution >= 0.6 is 0 Å². The maximum Gasteiger partial charge on any atom is 0.416 e. The van der Waals surface area contributed by atoms with Crippen molar-refractivity contribution in [3.8, 4) is 27.9 Å². The molecule has 224 valence electrons. The Balaban J connectivity index is 1.19. The summed E-state index contributed by atoms with van der Waals surface area (Å²) < 4.78 is 41.1. The minimum atomic E-state index is -4.53. The number of amides is 1. The fourth-order valence-corrected chi connectivity index (χ4v) is 5.26. The zero-order chi connectivity index (χ0) is 30.8. The van der Waals surface area contributed by atoms with Crippen molar-refractivity contribution in [2.24, 2.45) is 0 Å². The van der Waals surface area contributed by atoms with E-state index >= 15 is 0 Å². The first kappa shape index (κ1) is 29.1. The van der Waals surface area contributed by atoms with Crippen LogP contribution in [0.4, 0.5) is 24.5 Å². The molecule has 10 heteroatoms. The van der Waals surface area contributed by atoms with E-state index in [1.54, 1.807) is 29.2 Å². The molecule has 2 aromatic heterocycles. The molecule has 7 nitrogen and oxygen atoms in total. The third-order valence-electron chi connectivity index (χ3n) is 7.89. The third kappa shape index (κ3) is 6.35. The zero-order valence-corrected chi connectivity index (χ0v) is 24.3. The maximum absolute atomic E-state index is 13.1. The van der Waals surface area contributed by atoms with Crippen molar-refractivity contribution < 1.29 is 18.0 Å². The molecule has 0 bridgehead atoms. The van der Waals surface area contributed by atoms with Crippen LogP contribution in [-0.2, 0) is 6.18 Å². The second-order valence-electron chi connectivity index (χ2n) is 11.0. The summed E-state index contributed by atoms with van der Waals surface area (Å²) >= 11 is 0. The molecule has 6 rings (SSSR count). The number of anilines is 2. The molecule has 3 heterocycles. The van der Waals surface area contributed by atoms with E-state index in [0.717, 1.165) is 71.8 Å². The summed E-state index contributed by atoms with van der Waals surface area (Å²) in [6, 6.07) is 20.3. The van der Waals surface area contributed by atoms with E-state index in [1.807, 2.05) is 25.4 Å². The predicted molar refractivity (Wildman–Crippen MR) is 166 cm³/mol. The highest BCUT2D eigenvalue weighted by atomic mass is 19.4. The number of piperazine rings is 1. The van der Waals surface area contributed by atoms with Gasteiger partial charge in [0.15, 0.2) is 0 Å².